The van der Waals surface area contributed by atoms with E-state index >= 15 is 0 Å². The van der Waals surface area contributed by atoms with Gasteiger partial charge in [-0.15, -0.1) is 4.13 Å². The number of carbonyl (C=O) groups is 1. The Morgan fingerprint density at radius 3 is 2.47 bits per heavy atom. The standard InChI is InChI=1S/C35H30ClN9O10S4/c1-35(2)27(44(11-10-38-34-41-32(36)40-33(37)42-34)25-8-4-18-12-20(59(53,54)55)6-7-21(18)29(25)35)14-22-30(47)23(31(22)48)15-28-45(17-58(51,52)43-57(3,49)50)24-9-5-19(39-16-46)13-26(24)56-28/h4-9,12-15,43H,10-11,17H2,1-3H3,(H4-,37,38,40,41,42,47,48,53,54,55). The number of hydrogen-bond donors (Lipinski definition) is 4. The molecule has 24 heteroatoms. The number of ketones is 1. The summed E-state index contributed by atoms with van der Waals surface area (Å²) in [6.45, 7) is 4.14. The van der Waals surface area contributed by atoms with Gasteiger partial charge in [-0.1, -0.05) is 43.1 Å². The lowest BCUT2D eigenvalue weighted by atomic mass is 9.79. The molecule has 5 N–H and O–H groups in total. The minimum absolute atomic E-state index is 0.0996. The normalized spacial score (nSPS) is 16.8. The number of rotatable bonds is 12. The van der Waals surface area contributed by atoms with Crippen LogP contribution in [0.4, 0.5) is 23.3 Å². The van der Waals surface area contributed by atoms with Crippen LogP contribution in [-0.2, 0) is 51.0 Å². The molecule has 0 bridgehead atoms. The zero-order valence-corrected chi connectivity index (χ0v) is 34.8. The van der Waals surface area contributed by atoms with Crippen LogP contribution in [0.15, 0.2) is 87.1 Å². The van der Waals surface area contributed by atoms with E-state index in [4.69, 9.17) is 17.3 Å². The van der Waals surface area contributed by atoms with E-state index in [1.165, 1.54) is 53.1 Å². The zero-order chi connectivity index (χ0) is 42.8. The fraction of sp³-hybridized carbons (Fsp3) is 0.200. The van der Waals surface area contributed by atoms with Gasteiger partial charge in [0.15, 0.2) is 5.78 Å². The second-order valence-corrected chi connectivity index (χ2v) is 20.3. The molecule has 0 atom stereocenters. The van der Waals surface area contributed by atoms with Crippen LogP contribution in [0.1, 0.15) is 24.4 Å². The van der Waals surface area contributed by atoms with Crippen molar-refractivity contribution in [3.63, 3.8) is 0 Å². The van der Waals surface area contributed by atoms with E-state index in [-0.39, 0.29) is 62.5 Å². The number of halogens is 1. The quantitative estimate of drug-likeness (QED) is 0.0459. The van der Waals surface area contributed by atoms with E-state index in [0.29, 0.717) is 33.1 Å². The number of benzene rings is 3. The van der Waals surface area contributed by atoms with E-state index in [1.807, 2.05) is 18.7 Å². The number of Topliss-reactive ketones (excluding diaryl/α,β-unsaturated/α-hetero) is 1. The topological polar surface area (TPSA) is 288 Å². The maximum absolute atomic E-state index is 13.9. The number of nitrogens with one attached hydrogen (secondary N) is 2. The van der Waals surface area contributed by atoms with Crippen molar-refractivity contribution in [3.05, 3.63) is 93.1 Å². The molecular formula is C35H30ClN9O10S4. The third-order valence-electron chi connectivity index (χ3n) is 9.35. The van der Waals surface area contributed by atoms with Crippen molar-refractivity contribution < 1.29 is 49.1 Å². The highest BCUT2D eigenvalue weighted by Gasteiger charge is 2.43. The summed E-state index contributed by atoms with van der Waals surface area (Å²) in [6, 6.07) is 12.0. The molecule has 306 valence electrons. The summed E-state index contributed by atoms with van der Waals surface area (Å²) >= 11 is 6.92. The number of fused-ring (bicyclic) bond motifs is 4. The average Bonchev–Trinajstić information content (AvgIpc) is 3.56. The Hall–Kier alpha value is -5.65. The third kappa shape index (κ3) is 8.18. The number of nitrogens with two attached hydrogens (primary N) is 1. The lowest BCUT2D eigenvalue weighted by Crippen LogP contribution is -2.45. The summed E-state index contributed by atoms with van der Waals surface area (Å²) in [5.74, 6) is -2.22. The maximum atomic E-state index is 13.9. The first kappa shape index (κ1) is 41.5. The van der Waals surface area contributed by atoms with Gasteiger partial charge < -0.3 is 21.1 Å². The lowest BCUT2D eigenvalue weighted by molar-refractivity contribution is -0.648. The van der Waals surface area contributed by atoms with Crippen LogP contribution in [0.25, 0.3) is 27.1 Å². The number of nitrogen functional groups attached to an aromatic ring is 1. The summed E-state index contributed by atoms with van der Waals surface area (Å²) in [5.41, 5.74) is 6.76. The molecule has 0 radical (unpaired) electrons. The Balaban J connectivity index is 1.32. The molecule has 1 aliphatic carbocycles. The summed E-state index contributed by atoms with van der Waals surface area (Å²) in [4.78, 5) is 41.8. The van der Waals surface area contributed by atoms with Crippen molar-refractivity contribution in [1.82, 2.24) is 19.1 Å². The van der Waals surface area contributed by atoms with Crippen molar-refractivity contribution in [3.8, 4) is 0 Å². The highest BCUT2D eigenvalue weighted by molar-refractivity contribution is 8.03. The van der Waals surface area contributed by atoms with E-state index in [1.54, 1.807) is 22.3 Å². The monoisotopic (exact) mass is 899 g/mol. The van der Waals surface area contributed by atoms with E-state index in [2.05, 4.69) is 25.3 Å². The van der Waals surface area contributed by atoms with Crippen molar-refractivity contribution in [1.29, 1.82) is 0 Å². The molecule has 3 aromatic carbocycles. The number of thiazole rings is 1. The van der Waals surface area contributed by atoms with Crippen LogP contribution in [0.5, 0.6) is 0 Å². The highest BCUT2D eigenvalue weighted by atomic mass is 35.5. The van der Waals surface area contributed by atoms with Gasteiger partial charge >= 0.3 is 0 Å². The molecule has 2 aromatic heterocycles. The smallest absolute Gasteiger partial charge is 0.294 e. The van der Waals surface area contributed by atoms with Crippen LogP contribution in [-0.4, -0.2) is 76.0 Å². The molecule has 0 amide bonds. The molecule has 0 fully saturated rings. The molecule has 1 aliphatic heterocycles. The molecule has 0 saturated carbocycles. The van der Waals surface area contributed by atoms with Gasteiger partial charge in [0.25, 0.3) is 31.0 Å². The van der Waals surface area contributed by atoms with Gasteiger partial charge in [-0.3, -0.25) is 9.35 Å². The summed E-state index contributed by atoms with van der Waals surface area (Å²) in [5, 5.41) is 18.1. The van der Waals surface area contributed by atoms with Gasteiger partial charge in [0.05, 0.1) is 16.8 Å². The molecule has 5 aromatic rings. The third-order valence-corrected chi connectivity index (χ3v) is 14.3. The molecule has 7 rings (SSSR count). The molecular weight excluding hydrogens is 870 g/mol. The Morgan fingerprint density at radius 2 is 1.81 bits per heavy atom. The molecule has 0 saturated heterocycles. The van der Waals surface area contributed by atoms with Crippen LogP contribution in [0.3, 0.4) is 0 Å². The van der Waals surface area contributed by atoms with Crippen LogP contribution >= 0.6 is 22.9 Å². The number of anilines is 3. The SMILES string of the molecule is CC1(C)C(=CC2=C([O-])C(=Cc3sc4cc(N=C=O)ccc4[n+]3CS(=O)(=O)NS(C)(=O)=O)C2=O)N(CCNc2nc(N)nc(Cl)n2)c2ccc3cc(S(=O)(=O)O)ccc3c21. The molecule has 59 heavy (non-hydrogen) atoms. The Morgan fingerprint density at radius 1 is 1.07 bits per heavy atom. The van der Waals surface area contributed by atoms with Crippen LogP contribution < -0.4 is 29.8 Å². The Labute approximate surface area is 345 Å². The summed E-state index contributed by atoms with van der Waals surface area (Å²) < 4.78 is 86.3. The minimum atomic E-state index is -4.52. The number of isocyanates is 1. The van der Waals surface area contributed by atoms with Crippen molar-refractivity contribution in [2.75, 3.05) is 35.3 Å². The fourth-order valence-electron chi connectivity index (χ4n) is 7.00. The molecule has 19 nitrogen and oxygen atoms in total. The predicted molar refractivity (Wildman–Crippen MR) is 217 cm³/mol. The second kappa shape index (κ2) is 14.9. The number of nitrogens with zero attached hydrogens (tertiary/aromatic N) is 6. The van der Waals surface area contributed by atoms with Crippen molar-refractivity contribution >= 4 is 115 Å². The number of hydrogen-bond acceptors (Lipinski definition) is 17. The zero-order valence-electron chi connectivity index (χ0n) is 30.8. The van der Waals surface area contributed by atoms with Gasteiger partial charge in [0.2, 0.25) is 38.8 Å². The van der Waals surface area contributed by atoms with Gasteiger partial charge in [0, 0.05) is 53.2 Å². The second-order valence-electron chi connectivity index (χ2n) is 13.8. The van der Waals surface area contributed by atoms with Crippen LogP contribution in [0, 0.1) is 0 Å². The van der Waals surface area contributed by atoms with Crippen LogP contribution in [0.2, 0.25) is 5.28 Å². The first-order valence-corrected chi connectivity index (χ1v) is 23.1. The number of sulfonamides is 2. The number of carbonyl (C=O) groups excluding carboxylic acids is 2. The minimum Gasteiger partial charge on any atom is -0.871 e. The fourth-order valence-corrected chi connectivity index (χ4v) is 11.6. The molecule has 0 spiro atoms. The average molecular weight is 900 g/mol. The molecule has 2 aliphatic rings. The Kier molecular flexibility index (Phi) is 10.5. The number of aromatic nitrogens is 4. The van der Waals surface area contributed by atoms with E-state index < -0.39 is 53.0 Å². The maximum Gasteiger partial charge on any atom is 0.294 e. The van der Waals surface area contributed by atoms with Gasteiger partial charge in [0.1, 0.15) is 4.70 Å². The van der Waals surface area contributed by atoms with Crippen molar-refractivity contribution in [2.45, 2.75) is 30.0 Å². The molecule has 3 heterocycles. The Bertz CT molecular complexity index is 3140. The summed E-state index contributed by atoms with van der Waals surface area (Å²) in [7, 11) is -13.2. The summed E-state index contributed by atoms with van der Waals surface area (Å²) in [6.07, 6.45) is 4.79. The van der Waals surface area contributed by atoms with Crippen molar-refractivity contribution in [2.24, 2.45) is 4.99 Å². The first-order valence-electron chi connectivity index (χ1n) is 17.0. The van der Waals surface area contributed by atoms with E-state index in [9.17, 15) is 44.5 Å². The lowest BCUT2D eigenvalue weighted by Gasteiger charge is -2.32. The number of aliphatic imine (C=N–C) groups is 1. The largest absolute Gasteiger partial charge is 0.871 e. The molecule has 0 unspecified atom stereocenters. The highest BCUT2D eigenvalue weighted by Crippen LogP contribution is 2.51. The predicted octanol–water partition coefficient (Wildman–Crippen LogP) is 2.19. The number of allylic oxidation sites excluding steroid dienone is 4. The van der Waals surface area contributed by atoms with E-state index in [0.717, 1.165) is 16.9 Å². The van der Waals surface area contributed by atoms with Gasteiger partial charge in [-0.05, 0) is 64.3 Å². The van der Waals surface area contributed by atoms with Gasteiger partial charge in [-0.2, -0.15) is 32.9 Å². The first-order chi connectivity index (χ1) is 27.6. The van der Waals surface area contributed by atoms with Gasteiger partial charge in [-0.25, -0.2) is 21.6 Å².